The van der Waals surface area contributed by atoms with Crippen LogP contribution in [-0.4, -0.2) is 38.5 Å². The summed E-state index contributed by atoms with van der Waals surface area (Å²) < 4.78 is 11.3. The van der Waals surface area contributed by atoms with Crippen LogP contribution in [0.25, 0.3) is 0 Å². The second-order valence-electron chi connectivity index (χ2n) is 6.09. The van der Waals surface area contributed by atoms with E-state index in [0.717, 1.165) is 39.0 Å². The lowest BCUT2D eigenvalue weighted by Crippen LogP contribution is -2.50. The standard InChI is InChI=1S/C17H25NO2/c1-19-17(8-10-20-11-9-17)13-18-16-7-6-14-4-2-3-5-15(14)12-16/h2-5,16,18H,6-13H2,1H3/t16-/m1/s1. The summed E-state index contributed by atoms with van der Waals surface area (Å²) in [7, 11) is 1.84. The Labute approximate surface area is 121 Å². The molecule has 0 aromatic heterocycles. The predicted octanol–water partition coefficient (Wildman–Crippen LogP) is 2.33. The number of aryl methyl sites for hydroxylation is 1. The predicted molar refractivity (Wildman–Crippen MR) is 80.1 cm³/mol. The summed E-state index contributed by atoms with van der Waals surface area (Å²) in [6.07, 6.45) is 5.57. The normalized spacial score (nSPS) is 25.1. The molecule has 1 aliphatic carbocycles. The molecule has 3 heteroatoms. The average molecular weight is 275 g/mol. The number of nitrogens with one attached hydrogen (secondary N) is 1. The van der Waals surface area contributed by atoms with Gasteiger partial charge < -0.3 is 14.8 Å². The van der Waals surface area contributed by atoms with Crippen molar-refractivity contribution in [1.29, 1.82) is 0 Å². The highest BCUT2D eigenvalue weighted by atomic mass is 16.5. The van der Waals surface area contributed by atoms with Gasteiger partial charge in [0.2, 0.25) is 0 Å². The SMILES string of the molecule is COC1(CN[C@@H]2CCc3ccccc3C2)CCOCC1. The lowest BCUT2D eigenvalue weighted by molar-refractivity contribution is -0.0887. The van der Waals surface area contributed by atoms with Crippen molar-refractivity contribution in [2.24, 2.45) is 0 Å². The molecule has 1 N–H and O–H groups in total. The minimum absolute atomic E-state index is 0.0186. The molecule has 1 aromatic carbocycles. The Kier molecular flexibility index (Phi) is 4.39. The van der Waals surface area contributed by atoms with E-state index in [1.165, 1.54) is 24.0 Å². The van der Waals surface area contributed by atoms with Gasteiger partial charge in [-0.15, -0.1) is 0 Å². The first-order valence-corrected chi connectivity index (χ1v) is 7.74. The van der Waals surface area contributed by atoms with Crippen molar-refractivity contribution in [3.8, 4) is 0 Å². The van der Waals surface area contributed by atoms with E-state index in [9.17, 15) is 0 Å². The summed E-state index contributed by atoms with van der Waals surface area (Å²) in [4.78, 5) is 0. The summed E-state index contributed by atoms with van der Waals surface area (Å²) in [5.74, 6) is 0. The lowest BCUT2D eigenvalue weighted by atomic mass is 9.87. The van der Waals surface area contributed by atoms with Crippen LogP contribution >= 0.6 is 0 Å². The summed E-state index contributed by atoms with van der Waals surface area (Å²) in [6.45, 7) is 2.59. The van der Waals surface area contributed by atoms with Crippen LogP contribution in [-0.2, 0) is 22.3 Å². The van der Waals surface area contributed by atoms with Crippen molar-refractivity contribution in [2.45, 2.75) is 43.7 Å². The van der Waals surface area contributed by atoms with Crippen LogP contribution in [0, 0.1) is 0 Å². The molecule has 0 spiro atoms. The first-order chi connectivity index (χ1) is 9.81. The fraction of sp³-hybridized carbons (Fsp3) is 0.647. The van der Waals surface area contributed by atoms with E-state index in [1.807, 2.05) is 7.11 Å². The third-order valence-electron chi connectivity index (χ3n) is 4.90. The molecule has 20 heavy (non-hydrogen) atoms. The van der Waals surface area contributed by atoms with Gasteiger partial charge in [-0.2, -0.15) is 0 Å². The number of hydrogen-bond acceptors (Lipinski definition) is 3. The quantitative estimate of drug-likeness (QED) is 0.915. The number of ether oxygens (including phenoxy) is 2. The Morgan fingerprint density at radius 1 is 1.25 bits per heavy atom. The van der Waals surface area contributed by atoms with Crippen LogP contribution in [0.2, 0.25) is 0 Å². The maximum absolute atomic E-state index is 5.80. The van der Waals surface area contributed by atoms with Crippen molar-refractivity contribution >= 4 is 0 Å². The number of benzene rings is 1. The molecule has 0 saturated carbocycles. The van der Waals surface area contributed by atoms with Gasteiger partial charge in [-0.3, -0.25) is 0 Å². The largest absolute Gasteiger partial charge is 0.381 e. The van der Waals surface area contributed by atoms with Gasteiger partial charge in [0.1, 0.15) is 0 Å². The van der Waals surface area contributed by atoms with E-state index in [-0.39, 0.29) is 5.60 Å². The Balaban J connectivity index is 1.57. The van der Waals surface area contributed by atoms with Crippen molar-refractivity contribution < 1.29 is 9.47 Å². The minimum atomic E-state index is -0.0186. The highest BCUT2D eigenvalue weighted by Crippen LogP contribution is 2.25. The third kappa shape index (κ3) is 3.05. The smallest absolute Gasteiger partial charge is 0.0846 e. The number of methoxy groups -OCH3 is 1. The van der Waals surface area contributed by atoms with Crippen molar-refractivity contribution in [2.75, 3.05) is 26.9 Å². The number of rotatable bonds is 4. The Hall–Kier alpha value is -0.900. The van der Waals surface area contributed by atoms with Gasteiger partial charge >= 0.3 is 0 Å². The molecule has 1 aliphatic heterocycles. The topological polar surface area (TPSA) is 30.5 Å². The average Bonchev–Trinajstić information content (AvgIpc) is 2.54. The van der Waals surface area contributed by atoms with Crippen LogP contribution in [0.4, 0.5) is 0 Å². The molecule has 3 rings (SSSR count). The molecular weight excluding hydrogens is 250 g/mol. The van der Waals surface area contributed by atoms with Gasteiger partial charge in [0.25, 0.3) is 0 Å². The van der Waals surface area contributed by atoms with Crippen molar-refractivity contribution in [3.63, 3.8) is 0 Å². The van der Waals surface area contributed by atoms with E-state index in [1.54, 1.807) is 0 Å². The fourth-order valence-electron chi connectivity index (χ4n) is 3.40. The van der Waals surface area contributed by atoms with Crippen LogP contribution in [0.15, 0.2) is 24.3 Å². The molecule has 0 amide bonds. The van der Waals surface area contributed by atoms with Crippen LogP contribution in [0.5, 0.6) is 0 Å². The third-order valence-corrected chi connectivity index (χ3v) is 4.90. The second-order valence-corrected chi connectivity index (χ2v) is 6.09. The van der Waals surface area contributed by atoms with Gasteiger partial charge in [0, 0.05) is 45.8 Å². The zero-order valence-corrected chi connectivity index (χ0v) is 12.4. The fourth-order valence-corrected chi connectivity index (χ4v) is 3.40. The Morgan fingerprint density at radius 2 is 2.00 bits per heavy atom. The maximum Gasteiger partial charge on any atom is 0.0846 e. The molecule has 3 nitrogen and oxygen atoms in total. The minimum Gasteiger partial charge on any atom is -0.381 e. The molecule has 110 valence electrons. The summed E-state index contributed by atoms with van der Waals surface area (Å²) in [6, 6.07) is 9.41. The molecule has 0 radical (unpaired) electrons. The van der Waals surface area contributed by atoms with Gasteiger partial charge in [-0.1, -0.05) is 24.3 Å². The molecule has 1 aromatic rings. The number of fused-ring (bicyclic) bond motifs is 1. The molecule has 0 bridgehead atoms. The lowest BCUT2D eigenvalue weighted by Gasteiger charge is -2.38. The summed E-state index contributed by atoms with van der Waals surface area (Å²) in [5, 5.41) is 3.74. The van der Waals surface area contributed by atoms with Gasteiger partial charge in [0.05, 0.1) is 5.60 Å². The number of hydrogen-bond donors (Lipinski definition) is 1. The highest BCUT2D eigenvalue weighted by molar-refractivity contribution is 5.30. The zero-order valence-electron chi connectivity index (χ0n) is 12.4. The molecule has 1 saturated heterocycles. The van der Waals surface area contributed by atoms with E-state index in [0.29, 0.717) is 6.04 Å². The highest BCUT2D eigenvalue weighted by Gasteiger charge is 2.33. The maximum atomic E-state index is 5.80. The van der Waals surface area contributed by atoms with E-state index >= 15 is 0 Å². The molecule has 1 heterocycles. The van der Waals surface area contributed by atoms with E-state index < -0.39 is 0 Å². The molecular formula is C17H25NO2. The Morgan fingerprint density at radius 3 is 2.75 bits per heavy atom. The summed E-state index contributed by atoms with van der Waals surface area (Å²) in [5.41, 5.74) is 3.02. The van der Waals surface area contributed by atoms with Gasteiger partial charge in [-0.25, -0.2) is 0 Å². The zero-order chi connectivity index (χ0) is 13.8. The second kappa shape index (κ2) is 6.25. The van der Waals surface area contributed by atoms with Crippen LogP contribution in [0.1, 0.15) is 30.4 Å². The summed E-state index contributed by atoms with van der Waals surface area (Å²) >= 11 is 0. The van der Waals surface area contributed by atoms with Gasteiger partial charge in [0.15, 0.2) is 0 Å². The molecule has 1 fully saturated rings. The molecule has 2 aliphatic rings. The first kappa shape index (κ1) is 14.1. The molecule has 0 unspecified atom stereocenters. The van der Waals surface area contributed by atoms with Gasteiger partial charge in [-0.05, 0) is 30.4 Å². The Bertz CT molecular complexity index is 440. The van der Waals surface area contributed by atoms with Crippen LogP contribution < -0.4 is 5.32 Å². The van der Waals surface area contributed by atoms with E-state index in [2.05, 4.69) is 29.6 Å². The van der Waals surface area contributed by atoms with Crippen molar-refractivity contribution in [1.82, 2.24) is 5.32 Å². The van der Waals surface area contributed by atoms with E-state index in [4.69, 9.17) is 9.47 Å². The van der Waals surface area contributed by atoms with Crippen molar-refractivity contribution in [3.05, 3.63) is 35.4 Å². The molecule has 1 atom stereocenters. The first-order valence-electron chi connectivity index (χ1n) is 7.74. The monoisotopic (exact) mass is 275 g/mol. The van der Waals surface area contributed by atoms with Crippen LogP contribution in [0.3, 0.4) is 0 Å².